The van der Waals surface area contributed by atoms with Crippen molar-refractivity contribution in [3.8, 4) is 5.75 Å². The number of para-hydroxylation sites is 1. The van der Waals surface area contributed by atoms with E-state index in [0.29, 0.717) is 5.41 Å². The summed E-state index contributed by atoms with van der Waals surface area (Å²) in [6.07, 6.45) is 0. The highest BCUT2D eigenvalue weighted by atomic mass is 16.5. The summed E-state index contributed by atoms with van der Waals surface area (Å²) in [7, 11) is 4.10. The Kier molecular flexibility index (Phi) is 6.32. The SMILES string of the molecule is CNCc1ccccc1OCCN(C)CC(C)(C)C. The fourth-order valence-corrected chi connectivity index (χ4v) is 2.18. The van der Waals surface area contributed by atoms with Crippen molar-refractivity contribution in [1.29, 1.82) is 0 Å². The molecule has 108 valence electrons. The van der Waals surface area contributed by atoms with Crippen LogP contribution in [0.5, 0.6) is 5.75 Å². The zero-order chi connectivity index (χ0) is 14.3. The van der Waals surface area contributed by atoms with E-state index in [2.05, 4.69) is 44.1 Å². The summed E-state index contributed by atoms with van der Waals surface area (Å²) in [4.78, 5) is 2.32. The molecule has 3 heteroatoms. The van der Waals surface area contributed by atoms with Gasteiger partial charge in [-0.25, -0.2) is 0 Å². The molecule has 0 fully saturated rings. The fraction of sp³-hybridized carbons (Fsp3) is 0.625. The van der Waals surface area contributed by atoms with Crippen LogP contribution in [-0.4, -0.2) is 38.7 Å². The molecule has 3 nitrogen and oxygen atoms in total. The molecular formula is C16H28N2O. The van der Waals surface area contributed by atoms with Crippen LogP contribution in [0.4, 0.5) is 0 Å². The zero-order valence-corrected chi connectivity index (χ0v) is 13.0. The maximum absolute atomic E-state index is 5.89. The monoisotopic (exact) mass is 264 g/mol. The summed E-state index contributed by atoms with van der Waals surface area (Å²) in [6.45, 7) is 10.4. The summed E-state index contributed by atoms with van der Waals surface area (Å²) in [5.74, 6) is 0.987. The fourth-order valence-electron chi connectivity index (χ4n) is 2.18. The minimum atomic E-state index is 0.332. The van der Waals surface area contributed by atoms with Crippen molar-refractivity contribution >= 4 is 0 Å². The van der Waals surface area contributed by atoms with Crippen LogP contribution in [0.25, 0.3) is 0 Å². The van der Waals surface area contributed by atoms with Gasteiger partial charge < -0.3 is 15.0 Å². The van der Waals surface area contributed by atoms with Crippen molar-refractivity contribution in [2.75, 3.05) is 33.8 Å². The molecule has 0 heterocycles. The van der Waals surface area contributed by atoms with Crippen molar-refractivity contribution in [3.63, 3.8) is 0 Å². The molecule has 0 aliphatic heterocycles. The molecule has 1 N–H and O–H groups in total. The van der Waals surface area contributed by atoms with E-state index < -0.39 is 0 Å². The van der Waals surface area contributed by atoms with Crippen LogP contribution in [0.2, 0.25) is 0 Å². The lowest BCUT2D eigenvalue weighted by molar-refractivity contribution is 0.187. The van der Waals surface area contributed by atoms with Crippen molar-refractivity contribution in [2.24, 2.45) is 5.41 Å². The van der Waals surface area contributed by atoms with Gasteiger partial charge in [-0.1, -0.05) is 39.0 Å². The Hall–Kier alpha value is -1.06. The van der Waals surface area contributed by atoms with Gasteiger partial charge in [0.1, 0.15) is 12.4 Å². The normalized spacial score (nSPS) is 11.9. The van der Waals surface area contributed by atoms with Crippen molar-refractivity contribution in [1.82, 2.24) is 10.2 Å². The number of nitrogens with one attached hydrogen (secondary N) is 1. The number of likely N-dealkylation sites (N-methyl/N-ethyl adjacent to an activating group) is 1. The molecule has 19 heavy (non-hydrogen) atoms. The lowest BCUT2D eigenvalue weighted by Gasteiger charge is -2.26. The molecule has 0 amide bonds. The Labute approximate surface area is 118 Å². The molecule has 0 bridgehead atoms. The Morgan fingerprint density at radius 1 is 1.21 bits per heavy atom. The second-order valence-corrected chi connectivity index (χ2v) is 6.28. The van der Waals surface area contributed by atoms with Gasteiger partial charge in [0.15, 0.2) is 0 Å². The Morgan fingerprint density at radius 2 is 1.89 bits per heavy atom. The molecular weight excluding hydrogens is 236 g/mol. The standard InChI is InChI=1S/C16H28N2O/c1-16(2,3)13-18(5)10-11-19-15-9-7-6-8-14(15)12-17-4/h6-9,17H,10-13H2,1-5H3. The molecule has 0 aliphatic carbocycles. The van der Waals surface area contributed by atoms with E-state index in [0.717, 1.165) is 32.0 Å². The number of benzene rings is 1. The molecule has 0 saturated heterocycles. The maximum Gasteiger partial charge on any atom is 0.123 e. The highest BCUT2D eigenvalue weighted by Gasteiger charge is 2.13. The van der Waals surface area contributed by atoms with Gasteiger partial charge in [-0.15, -0.1) is 0 Å². The van der Waals surface area contributed by atoms with E-state index in [9.17, 15) is 0 Å². The highest BCUT2D eigenvalue weighted by molar-refractivity contribution is 5.33. The quantitative estimate of drug-likeness (QED) is 0.819. The first kappa shape index (κ1) is 16.0. The largest absolute Gasteiger partial charge is 0.492 e. The Bertz CT molecular complexity index is 371. The number of ether oxygens (including phenoxy) is 1. The second-order valence-electron chi connectivity index (χ2n) is 6.28. The second kappa shape index (κ2) is 7.51. The van der Waals surface area contributed by atoms with Crippen LogP contribution < -0.4 is 10.1 Å². The molecule has 1 aromatic rings. The van der Waals surface area contributed by atoms with Crippen LogP contribution >= 0.6 is 0 Å². The van der Waals surface area contributed by atoms with Gasteiger partial charge in [0.25, 0.3) is 0 Å². The molecule has 0 radical (unpaired) electrons. The lowest BCUT2D eigenvalue weighted by atomic mass is 9.96. The molecule has 0 atom stereocenters. The first-order valence-electron chi connectivity index (χ1n) is 6.96. The predicted molar refractivity (Wildman–Crippen MR) is 81.7 cm³/mol. The molecule has 0 aromatic heterocycles. The van der Waals surface area contributed by atoms with Crippen molar-refractivity contribution in [2.45, 2.75) is 27.3 Å². The highest BCUT2D eigenvalue weighted by Crippen LogP contribution is 2.18. The number of nitrogens with zero attached hydrogens (tertiary/aromatic N) is 1. The minimum Gasteiger partial charge on any atom is -0.492 e. The predicted octanol–water partition coefficient (Wildman–Crippen LogP) is 2.76. The molecule has 0 saturated carbocycles. The van der Waals surface area contributed by atoms with Gasteiger partial charge in [-0.05, 0) is 25.6 Å². The summed E-state index contributed by atoms with van der Waals surface area (Å²) >= 11 is 0. The van der Waals surface area contributed by atoms with E-state index >= 15 is 0 Å². The molecule has 0 unspecified atom stereocenters. The van der Waals surface area contributed by atoms with Crippen LogP contribution in [0.1, 0.15) is 26.3 Å². The van der Waals surface area contributed by atoms with Gasteiger partial charge in [-0.3, -0.25) is 0 Å². The summed E-state index contributed by atoms with van der Waals surface area (Å²) in [6, 6.07) is 8.21. The van der Waals surface area contributed by atoms with Crippen molar-refractivity contribution in [3.05, 3.63) is 29.8 Å². The first-order valence-corrected chi connectivity index (χ1v) is 6.96. The van der Waals surface area contributed by atoms with E-state index in [1.807, 2.05) is 25.2 Å². The topological polar surface area (TPSA) is 24.5 Å². The van der Waals surface area contributed by atoms with Crippen LogP contribution in [-0.2, 0) is 6.54 Å². The first-order chi connectivity index (χ1) is 8.92. The third-order valence-corrected chi connectivity index (χ3v) is 2.81. The molecule has 0 aliphatic rings. The van der Waals surface area contributed by atoms with Crippen LogP contribution in [0.3, 0.4) is 0 Å². The van der Waals surface area contributed by atoms with Crippen LogP contribution in [0, 0.1) is 5.41 Å². The summed E-state index contributed by atoms with van der Waals surface area (Å²) < 4.78 is 5.89. The van der Waals surface area contributed by atoms with Crippen molar-refractivity contribution < 1.29 is 4.74 Å². The summed E-state index contributed by atoms with van der Waals surface area (Å²) in [5.41, 5.74) is 1.54. The smallest absolute Gasteiger partial charge is 0.123 e. The van der Waals surface area contributed by atoms with E-state index in [-0.39, 0.29) is 0 Å². The van der Waals surface area contributed by atoms with Gasteiger partial charge in [0.05, 0.1) is 0 Å². The third kappa shape index (κ3) is 6.60. The van der Waals surface area contributed by atoms with E-state index in [1.165, 1.54) is 5.56 Å². The zero-order valence-electron chi connectivity index (χ0n) is 13.0. The molecule has 1 aromatic carbocycles. The minimum absolute atomic E-state index is 0.332. The summed E-state index contributed by atoms with van der Waals surface area (Å²) in [5, 5.41) is 3.16. The molecule has 1 rings (SSSR count). The van der Waals surface area contributed by atoms with Crippen LogP contribution in [0.15, 0.2) is 24.3 Å². The average Bonchev–Trinajstić information content (AvgIpc) is 2.29. The third-order valence-electron chi connectivity index (χ3n) is 2.81. The van der Waals surface area contributed by atoms with Gasteiger partial charge in [0, 0.05) is 25.2 Å². The molecule has 0 spiro atoms. The Balaban J connectivity index is 2.40. The van der Waals surface area contributed by atoms with Gasteiger partial charge >= 0.3 is 0 Å². The van der Waals surface area contributed by atoms with Gasteiger partial charge in [0.2, 0.25) is 0 Å². The Morgan fingerprint density at radius 3 is 2.53 bits per heavy atom. The number of hydrogen-bond donors (Lipinski definition) is 1. The average molecular weight is 264 g/mol. The number of rotatable bonds is 7. The maximum atomic E-state index is 5.89. The van der Waals surface area contributed by atoms with Gasteiger partial charge in [-0.2, -0.15) is 0 Å². The van der Waals surface area contributed by atoms with E-state index in [4.69, 9.17) is 4.74 Å². The lowest BCUT2D eigenvalue weighted by Crippen LogP contribution is -2.32. The van der Waals surface area contributed by atoms with E-state index in [1.54, 1.807) is 0 Å². The number of hydrogen-bond acceptors (Lipinski definition) is 3.